The molecule has 0 spiro atoms. The Balaban J connectivity index is 1.23. The molecule has 0 fully saturated rings. The maximum atomic E-state index is 12.4. The Kier molecular flexibility index (Phi) is 5.81. The number of benzene rings is 1. The number of ether oxygens (including phenoxy) is 2. The Labute approximate surface area is 168 Å². The molecule has 0 radical (unpaired) electrons. The molecule has 0 aliphatic carbocycles. The summed E-state index contributed by atoms with van der Waals surface area (Å²) in [5.74, 6) is 1.35. The number of nitrogens with zero attached hydrogens (tertiary/aromatic N) is 1. The fourth-order valence-corrected chi connectivity index (χ4v) is 4.35. The predicted octanol–water partition coefficient (Wildman–Crippen LogP) is 2.54. The first kappa shape index (κ1) is 18.8. The number of amides is 2. The first-order valence-electron chi connectivity index (χ1n) is 9.67. The van der Waals surface area contributed by atoms with E-state index in [1.165, 1.54) is 10.4 Å². The minimum atomic E-state index is -0.117. The molecule has 2 aliphatic rings. The van der Waals surface area contributed by atoms with Crippen LogP contribution in [0.2, 0.25) is 0 Å². The standard InChI is InChI=1S/C21H24N2O4S/c24-20(5-3-15-2-4-17-18(12-15)27-10-1-9-26-17)22-13-21(25)23-8-6-19-16(14-23)7-11-28-19/h2,4,7,11-12H,1,3,5-6,8-10,13-14H2,(H,22,24). The number of hydrogen-bond donors (Lipinski definition) is 1. The molecule has 6 nitrogen and oxygen atoms in total. The molecule has 0 unspecified atom stereocenters. The summed E-state index contributed by atoms with van der Waals surface area (Å²) >= 11 is 1.75. The fraction of sp³-hybridized carbons (Fsp3) is 0.429. The molecule has 28 heavy (non-hydrogen) atoms. The second kappa shape index (κ2) is 8.65. The van der Waals surface area contributed by atoms with Crippen LogP contribution in [0.4, 0.5) is 0 Å². The van der Waals surface area contributed by atoms with Gasteiger partial charge in [-0.1, -0.05) is 6.07 Å². The number of rotatable bonds is 5. The molecular formula is C21H24N2O4S. The van der Waals surface area contributed by atoms with Crippen LogP contribution in [-0.2, 0) is 29.0 Å². The van der Waals surface area contributed by atoms with Crippen LogP contribution in [0.25, 0.3) is 0 Å². The molecule has 7 heteroatoms. The zero-order valence-electron chi connectivity index (χ0n) is 15.7. The maximum Gasteiger partial charge on any atom is 0.242 e. The quantitative estimate of drug-likeness (QED) is 0.838. The lowest BCUT2D eigenvalue weighted by atomic mass is 10.1. The molecule has 2 amide bonds. The van der Waals surface area contributed by atoms with Crippen LogP contribution in [-0.4, -0.2) is 43.0 Å². The Hall–Kier alpha value is -2.54. The van der Waals surface area contributed by atoms with Gasteiger partial charge in [0.15, 0.2) is 11.5 Å². The van der Waals surface area contributed by atoms with E-state index in [1.807, 2.05) is 23.1 Å². The third-order valence-electron chi connectivity index (χ3n) is 5.05. The van der Waals surface area contributed by atoms with Gasteiger partial charge in [-0.2, -0.15) is 0 Å². The minimum Gasteiger partial charge on any atom is -0.490 e. The summed E-state index contributed by atoms with van der Waals surface area (Å²) in [6.45, 7) is 2.72. The lowest BCUT2D eigenvalue weighted by molar-refractivity contribution is -0.133. The average Bonchev–Trinajstić information content (AvgIpc) is 3.06. The van der Waals surface area contributed by atoms with Gasteiger partial charge in [-0.05, 0) is 47.5 Å². The number of fused-ring (bicyclic) bond motifs is 2. The van der Waals surface area contributed by atoms with Gasteiger partial charge in [0.05, 0.1) is 19.8 Å². The molecular weight excluding hydrogens is 376 g/mol. The van der Waals surface area contributed by atoms with Gasteiger partial charge in [0.1, 0.15) is 0 Å². The number of carbonyl (C=O) groups excluding carboxylic acids is 2. The van der Waals surface area contributed by atoms with Crippen LogP contribution in [0.15, 0.2) is 29.6 Å². The fourth-order valence-electron chi connectivity index (χ4n) is 3.46. The SMILES string of the molecule is O=C(CCc1ccc2c(c1)OCCCO2)NCC(=O)N1CCc2sccc2C1. The number of aryl methyl sites for hydroxylation is 1. The molecule has 2 aliphatic heterocycles. The highest BCUT2D eigenvalue weighted by Crippen LogP contribution is 2.30. The van der Waals surface area contributed by atoms with Crippen molar-refractivity contribution >= 4 is 23.2 Å². The Morgan fingerprint density at radius 2 is 2.00 bits per heavy atom. The Morgan fingerprint density at radius 1 is 1.14 bits per heavy atom. The first-order valence-corrected chi connectivity index (χ1v) is 10.6. The van der Waals surface area contributed by atoms with E-state index in [0.717, 1.165) is 36.4 Å². The second-order valence-electron chi connectivity index (χ2n) is 7.04. The van der Waals surface area contributed by atoms with Crippen molar-refractivity contribution in [3.05, 3.63) is 45.6 Å². The smallest absolute Gasteiger partial charge is 0.242 e. The minimum absolute atomic E-state index is 0.0271. The topological polar surface area (TPSA) is 67.9 Å². The first-order chi connectivity index (χ1) is 13.7. The summed E-state index contributed by atoms with van der Waals surface area (Å²) in [7, 11) is 0. The zero-order valence-corrected chi connectivity index (χ0v) is 16.6. The molecule has 1 aromatic heterocycles. The third kappa shape index (κ3) is 4.47. The van der Waals surface area contributed by atoms with Crippen molar-refractivity contribution in [2.75, 3.05) is 26.3 Å². The van der Waals surface area contributed by atoms with E-state index in [9.17, 15) is 9.59 Å². The van der Waals surface area contributed by atoms with Crippen molar-refractivity contribution in [3.63, 3.8) is 0 Å². The van der Waals surface area contributed by atoms with Crippen LogP contribution in [0.3, 0.4) is 0 Å². The van der Waals surface area contributed by atoms with Gasteiger partial charge in [-0.25, -0.2) is 0 Å². The summed E-state index contributed by atoms with van der Waals surface area (Å²) in [5, 5.41) is 4.83. The van der Waals surface area contributed by atoms with E-state index in [4.69, 9.17) is 9.47 Å². The van der Waals surface area contributed by atoms with Gasteiger partial charge in [-0.15, -0.1) is 11.3 Å². The van der Waals surface area contributed by atoms with Gasteiger partial charge < -0.3 is 19.7 Å². The predicted molar refractivity (Wildman–Crippen MR) is 107 cm³/mol. The van der Waals surface area contributed by atoms with E-state index < -0.39 is 0 Å². The van der Waals surface area contributed by atoms with Crippen molar-refractivity contribution in [1.29, 1.82) is 0 Å². The summed E-state index contributed by atoms with van der Waals surface area (Å²) < 4.78 is 11.3. The van der Waals surface area contributed by atoms with Crippen LogP contribution in [0.5, 0.6) is 11.5 Å². The molecule has 1 aromatic carbocycles. The van der Waals surface area contributed by atoms with E-state index in [2.05, 4.69) is 16.8 Å². The van der Waals surface area contributed by atoms with Gasteiger partial charge in [0.2, 0.25) is 11.8 Å². The van der Waals surface area contributed by atoms with E-state index in [0.29, 0.717) is 32.6 Å². The highest BCUT2D eigenvalue weighted by molar-refractivity contribution is 7.10. The molecule has 2 aromatic rings. The Morgan fingerprint density at radius 3 is 2.89 bits per heavy atom. The van der Waals surface area contributed by atoms with Crippen LogP contribution < -0.4 is 14.8 Å². The Bertz CT molecular complexity index is 864. The number of carbonyl (C=O) groups is 2. The molecule has 1 N–H and O–H groups in total. The van der Waals surface area contributed by atoms with Gasteiger partial charge >= 0.3 is 0 Å². The summed E-state index contributed by atoms with van der Waals surface area (Å²) in [5.41, 5.74) is 2.25. The van der Waals surface area contributed by atoms with Crippen molar-refractivity contribution < 1.29 is 19.1 Å². The van der Waals surface area contributed by atoms with Crippen LogP contribution in [0, 0.1) is 0 Å². The summed E-state index contributed by atoms with van der Waals surface area (Å²) in [6, 6.07) is 7.86. The number of hydrogen-bond acceptors (Lipinski definition) is 5. The average molecular weight is 401 g/mol. The van der Waals surface area contributed by atoms with Gasteiger partial charge in [0.25, 0.3) is 0 Å². The zero-order chi connectivity index (χ0) is 19.3. The number of nitrogens with one attached hydrogen (secondary N) is 1. The third-order valence-corrected chi connectivity index (χ3v) is 6.07. The normalized spacial score (nSPS) is 15.5. The van der Waals surface area contributed by atoms with E-state index >= 15 is 0 Å². The van der Waals surface area contributed by atoms with Crippen LogP contribution >= 0.6 is 11.3 Å². The number of thiophene rings is 1. The lowest BCUT2D eigenvalue weighted by Gasteiger charge is -2.27. The molecule has 4 rings (SSSR count). The monoisotopic (exact) mass is 400 g/mol. The van der Waals surface area contributed by atoms with Crippen molar-refractivity contribution in [3.8, 4) is 11.5 Å². The molecule has 0 saturated heterocycles. The molecule has 0 atom stereocenters. The highest BCUT2D eigenvalue weighted by Gasteiger charge is 2.21. The maximum absolute atomic E-state index is 12.4. The molecule has 0 saturated carbocycles. The van der Waals surface area contributed by atoms with E-state index in [1.54, 1.807) is 11.3 Å². The van der Waals surface area contributed by atoms with E-state index in [-0.39, 0.29) is 18.4 Å². The summed E-state index contributed by atoms with van der Waals surface area (Å²) in [6.07, 6.45) is 2.70. The van der Waals surface area contributed by atoms with Crippen molar-refractivity contribution in [2.24, 2.45) is 0 Å². The second-order valence-corrected chi connectivity index (χ2v) is 8.04. The molecule has 3 heterocycles. The van der Waals surface area contributed by atoms with Crippen LogP contribution in [0.1, 0.15) is 28.8 Å². The van der Waals surface area contributed by atoms with Gasteiger partial charge in [-0.3, -0.25) is 9.59 Å². The lowest BCUT2D eigenvalue weighted by Crippen LogP contribution is -2.42. The molecule has 0 bridgehead atoms. The summed E-state index contributed by atoms with van der Waals surface area (Å²) in [4.78, 5) is 27.7. The van der Waals surface area contributed by atoms with Crippen molar-refractivity contribution in [2.45, 2.75) is 32.2 Å². The van der Waals surface area contributed by atoms with Crippen molar-refractivity contribution in [1.82, 2.24) is 10.2 Å². The van der Waals surface area contributed by atoms with Gasteiger partial charge in [0, 0.05) is 30.8 Å². The molecule has 148 valence electrons. The highest BCUT2D eigenvalue weighted by atomic mass is 32.1. The largest absolute Gasteiger partial charge is 0.490 e.